The number of nitrogens with one attached hydrogen (secondary N) is 1. The zero-order valence-electron chi connectivity index (χ0n) is 23.4. The van der Waals surface area contributed by atoms with Gasteiger partial charge in [0.05, 0.1) is 4.90 Å². The number of hydrogen-bond donors (Lipinski definition) is 3. The summed E-state index contributed by atoms with van der Waals surface area (Å²) < 4.78 is 59.0. The van der Waals surface area contributed by atoms with Crippen molar-refractivity contribution in [2.45, 2.75) is 30.2 Å². The van der Waals surface area contributed by atoms with Crippen molar-refractivity contribution in [2.75, 3.05) is 17.3 Å². The van der Waals surface area contributed by atoms with E-state index in [2.05, 4.69) is 37.1 Å². The molecule has 0 atom stereocenters. The molecule has 4 aromatic rings. The molecule has 230 valence electrons. The van der Waals surface area contributed by atoms with Crippen LogP contribution in [-0.2, 0) is 26.5 Å². The molecule has 15 nitrogen and oxygen atoms in total. The van der Waals surface area contributed by atoms with Crippen LogP contribution < -0.4 is 15.8 Å². The largest absolute Gasteiger partial charge is 0.493 e. The van der Waals surface area contributed by atoms with Gasteiger partial charge in [0.2, 0.25) is 23.1 Å². The van der Waals surface area contributed by atoms with E-state index in [0.29, 0.717) is 5.69 Å². The molecule has 0 saturated heterocycles. The van der Waals surface area contributed by atoms with Crippen molar-refractivity contribution in [1.82, 2.24) is 19.5 Å². The predicted octanol–water partition coefficient (Wildman–Crippen LogP) is 4.81. The fraction of sp³-hybridized carbons (Fsp3) is 0.154. The average molecular weight is 661 g/mol. The molecule has 0 fully saturated rings. The van der Waals surface area contributed by atoms with Crippen molar-refractivity contribution >= 4 is 66.2 Å². The quantitative estimate of drug-likeness (QED) is 0.155. The van der Waals surface area contributed by atoms with E-state index in [4.69, 9.17) is 11.6 Å². The number of rotatable bonds is 10. The van der Waals surface area contributed by atoms with Crippen LogP contribution >= 0.6 is 11.6 Å². The number of azo groups is 1. The third kappa shape index (κ3) is 6.91. The lowest BCUT2D eigenvalue weighted by atomic mass is 10.2. The van der Waals surface area contributed by atoms with Crippen LogP contribution in [-0.4, -0.2) is 53.1 Å². The van der Waals surface area contributed by atoms with Crippen molar-refractivity contribution in [1.29, 1.82) is 0 Å². The van der Waals surface area contributed by atoms with E-state index in [1.165, 1.54) is 42.2 Å². The summed E-state index contributed by atoms with van der Waals surface area (Å²) in [7, 11) is -6.75. The molecule has 2 heterocycles. The SMILES string of the molecule is C=CS(=O)(=O)c1ccc(N(C)c2nc(Cl)nc(Nc3ccc(S(=O)(=O)O)c(N=Nc4c(C)cc(=O)n(CC)c4O)c3)n2)cc1. The lowest BCUT2D eigenvalue weighted by molar-refractivity contribution is 0.412. The molecule has 2 aromatic carbocycles. The smallest absolute Gasteiger partial charge is 0.296 e. The molecule has 0 aliphatic carbocycles. The number of halogens is 1. The van der Waals surface area contributed by atoms with Gasteiger partial charge in [0.25, 0.3) is 15.7 Å². The average Bonchev–Trinajstić information content (AvgIpc) is 2.96. The topological polar surface area (TPSA) is 209 Å². The number of aryl methyl sites for hydroxylation is 1. The van der Waals surface area contributed by atoms with E-state index in [1.807, 2.05) is 0 Å². The highest BCUT2D eigenvalue weighted by molar-refractivity contribution is 7.94. The summed E-state index contributed by atoms with van der Waals surface area (Å²) in [5.74, 6) is -0.431. The number of benzene rings is 2. The van der Waals surface area contributed by atoms with Gasteiger partial charge in [-0.1, -0.05) is 6.58 Å². The summed E-state index contributed by atoms with van der Waals surface area (Å²) >= 11 is 6.14. The Morgan fingerprint density at radius 2 is 1.75 bits per heavy atom. The number of nitrogens with zero attached hydrogens (tertiary/aromatic N) is 7. The standard InChI is InChI=1S/C26H25ClN8O7S2/c1-5-35-21(36)13-15(3)22(23(35)37)33-32-19-14-16(7-12-20(19)44(40,41)42)28-25-29-24(27)30-26(31-25)34(4)17-8-10-18(11-9-17)43(38,39)6-2/h6-14,37H,2,5H2,1,3-4H3,(H,40,41,42)(H,28,29,30,31). The minimum Gasteiger partial charge on any atom is -0.493 e. The molecule has 0 amide bonds. The van der Waals surface area contributed by atoms with E-state index >= 15 is 0 Å². The summed E-state index contributed by atoms with van der Waals surface area (Å²) in [6.45, 7) is 6.63. The Labute approximate surface area is 256 Å². The predicted molar refractivity (Wildman–Crippen MR) is 163 cm³/mol. The maximum absolute atomic E-state index is 12.1. The van der Waals surface area contributed by atoms with E-state index < -0.39 is 36.3 Å². The fourth-order valence-electron chi connectivity index (χ4n) is 3.91. The summed E-state index contributed by atoms with van der Waals surface area (Å²) in [6, 6.07) is 10.7. The second-order valence-corrected chi connectivity index (χ2v) is 12.7. The van der Waals surface area contributed by atoms with Crippen LogP contribution in [0.25, 0.3) is 0 Å². The lowest BCUT2D eigenvalue weighted by Crippen LogP contribution is -2.18. The Balaban J connectivity index is 1.69. The number of pyridine rings is 1. The van der Waals surface area contributed by atoms with Crippen LogP contribution in [0.5, 0.6) is 5.88 Å². The van der Waals surface area contributed by atoms with Gasteiger partial charge in [-0.05, 0) is 73.5 Å². The van der Waals surface area contributed by atoms with Crippen molar-refractivity contribution in [3.8, 4) is 5.88 Å². The molecule has 0 unspecified atom stereocenters. The van der Waals surface area contributed by atoms with Crippen molar-refractivity contribution in [3.63, 3.8) is 0 Å². The number of sulfone groups is 1. The lowest BCUT2D eigenvalue weighted by Gasteiger charge is -2.18. The van der Waals surface area contributed by atoms with Crippen LogP contribution in [0.2, 0.25) is 5.28 Å². The molecular weight excluding hydrogens is 636 g/mol. The van der Waals surface area contributed by atoms with Crippen LogP contribution in [0.4, 0.5) is 34.6 Å². The summed E-state index contributed by atoms with van der Waals surface area (Å²) in [5.41, 5.74) is 0.188. The molecule has 0 radical (unpaired) electrons. The van der Waals surface area contributed by atoms with E-state index in [0.717, 1.165) is 16.0 Å². The third-order valence-corrected chi connectivity index (χ3v) is 8.62. The maximum atomic E-state index is 12.1. The van der Waals surface area contributed by atoms with Gasteiger partial charge < -0.3 is 15.3 Å². The van der Waals surface area contributed by atoms with Crippen molar-refractivity contribution < 1.29 is 26.5 Å². The van der Waals surface area contributed by atoms with Crippen LogP contribution in [0.3, 0.4) is 0 Å². The zero-order valence-corrected chi connectivity index (χ0v) is 25.8. The molecule has 44 heavy (non-hydrogen) atoms. The van der Waals surface area contributed by atoms with Crippen molar-refractivity contribution in [2.24, 2.45) is 10.2 Å². The molecule has 0 aliphatic heterocycles. The van der Waals surface area contributed by atoms with Gasteiger partial charge in [-0.25, -0.2) is 8.42 Å². The molecule has 3 N–H and O–H groups in total. The molecule has 2 aromatic heterocycles. The number of aromatic hydroxyl groups is 1. The van der Waals surface area contributed by atoms with Gasteiger partial charge in [0, 0.05) is 36.4 Å². The van der Waals surface area contributed by atoms with Gasteiger partial charge in [0.1, 0.15) is 16.3 Å². The van der Waals surface area contributed by atoms with Crippen LogP contribution in [0, 0.1) is 6.92 Å². The molecule has 4 rings (SSSR count). The first-order chi connectivity index (χ1) is 20.6. The number of aromatic nitrogens is 4. The molecule has 0 spiro atoms. The number of anilines is 4. The van der Waals surface area contributed by atoms with Crippen molar-refractivity contribution in [3.05, 3.63) is 81.7 Å². The highest BCUT2D eigenvalue weighted by atomic mass is 35.5. The molecule has 0 aliphatic rings. The highest BCUT2D eigenvalue weighted by Crippen LogP contribution is 2.34. The molecule has 18 heteroatoms. The summed E-state index contributed by atoms with van der Waals surface area (Å²) in [5, 5.41) is 21.9. The van der Waals surface area contributed by atoms with Crippen LogP contribution in [0.15, 0.2) is 85.3 Å². The summed E-state index contributed by atoms with van der Waals surface area (Å²) in [4.78, 5) is 25.6. The maximum Gasteiger partial charge on any atom is 0.296 e. The highest BCUT2D eigenvalue weighted by Gasteiger charge is 2.19. The Kier molecular flexibility index (Phi) is 9.14. The first-order valence-electron chi connectivity index (χ1n) is 12.5. The normalized spacial score (nSPS) is 11.9. The van der Waals surface area contributed by atoms with Gasteiger partial charge in [-0.2, -0.15) is 23.4 Å². The zero-order chi connectivity index (χ0) is 32.4. The molecule has 0 bridgehead atoms. The van der Waals surface area contributed by atoms with Gasteiger partial charge in [0.15, 0.2) is 9.84 Å². The molecular formula is C26H25ClN8O7S2. The fourth-order valence-corrected chi connectivity index (χ4v) is 5.38. The van der Waals surface area contributed by atoms with Gasteiger partial charge >= 0.3 is 0 Å². The second-order valence-electron chi connectivity index (χ2n) is 9.06. The first kappa shape index (κ1) is 32.2. The van der Waals surface area contributed by atoms with Crippen LogP contribution in [0.1, 0.15) is 12.5 Å². The van der Waals surface area contributed by atoms with Gasteiger partial charge in [-0.3, -0.25) is 13.9 Å². The van der Waals surface area contributed by atoms with Gasteiger partial charge in [-0.15, -0.1) is 10.2 Å². The Hall–Kier alpha value is -4.71. The van der Waals surface area contributed by atoms with E-state index in [-0.39, 0.29) is 51.2 Å². The van der Waals surface area contributed by atoms with E-state index in [1.54, 1.807) is 26.1 Å². The first-order valence-corrected chi connectivity index (χ1v) is 15.9. The second kappa shape index (κ2) is 12.5. The third-order valence-electron chi connectivity index (χ3n) is 6.18. The Bertz CT molecular complexity index is 2070. The number of hydrogen-bond acceptors (Lipinski definition) is 13. The Morgan fingerprint density at radius 3 is 2.36 bits per heavy atom. The minimum absolute atomic E-state index is 0.0521. The monoisotopic (exact) mass is 660 g/mol. The molecule has 0 saturated carbocycles. The Morgan fingerprint density at radius 1 is 1.07 bits per heavy atom. The van der Waals surface area contributed by atoms with E-state index in [9.17, 15) is 31.3 Å². The minimum atomic E-state index is -4.75. The summed E-state index contributed by atoms with van der Waals surface area (Å²) in [6.07, 6.45) is 0.